The van der Waals surface area contributed by atoms with Gasteiger partial charge in [0.1, 0.15) is 11.6 Å². The maximum absolute atomic E-state index is 13.2. The lowest BCUT2D eigenvalue weighted by Gasteiger charge is -2.09. The minimum atomic E-state index is -0.475. The van der Waals surface area contributed by atoms with E-state index in [1.807, 2.05) is 0 Å². The number of nitrogens with one attached hydrogen (secondary N) is 1. The number of carbonyl (C=O) groups excluding carboxylic acids is 1. The van der Waals surface area contributed by atoms with Crippen molar-refractivity contribution < 1.29 is 13.9 Å². The lowest BCUT2D eigenvalue weighted by Crippen LogP contribution is -2.30. The number of ether oxygens (including phenoxy) is 1. The summed E-state index contributed by atoms with van der Waals surface area (Å²) in [5.41, 5.74) is 5.93. The maximum Gasteiger partial charge on any atom is 0.258 e. The SMILES string of the molecule is Nc1cc(Br)c(F)cc1OCC(=O)NC1CC1. The molecule has 0 heterocycles. The van der Waals surface area contributed by atoms with E-state index in [4.69, 9.17) is 10.5 Å². The predicted molar refractivity (Wildman–Crippen MR) is 65.2 cm³/mol. The summed E-state index contributed by atoms with van der Waals surface area (Å²) < 4.78 is 18.7. The lowest BCUT2D eigenvalue weighted by molar-refractivity contribution is -0.123. The molecular formula is C11H12BrFN2O2. The Hall–Kier alpha value is -1.30. The number of anilines is 1. The summed E-state index contributed by atoms with van der Waals surface area (Å²) in [6.45, 7) is -0.151. The Morgan fingerprint density at radius 1 is 1.59 bits per heavy atom. The number of halogens is 2. The van der Waals surface area contributed by atoms with Gasteiger partial charge in [-0.05, 0) is 34.8 Å². The summed E-state index contributed by atoms with van der Waals surface area (Å²) in [7, 11) is 0. The van der Waals surface area contributed by atoms with E-state index in [2.05, 4.69) is 21.2 Å². The van der Waals surface area contributed by atoms with Gasteiger partial charge in [-0.25, -0.2) is 4.39 Å². The standard InChI is InChI=1S/C11H12BrFN2O2/c12-7-3-9(14)10(4-8(7)13)17-5-11(16)15-6-1-2-6/h3-4,6H,1-2,5,14H2,(H,15,16). The topological polar surface area (TPSA) is 64.3 Å². The van der Waals surface area contributed by atoms with Crippen LogP contribution in [0.4, 0.5) is 10.1 Å². The first-order valence-electron chi connectivity index (χ1n) is 5.23. The van der Waals surface area contributed by atoms with Crippen LogP contribution < -0.4 is 15.8 Å². The van der Waals surface area contributed by atoms with Crippen LogP contribution in [-0.2, 0) is 4.79 Å². The lowest BCUT2D eigenvalue weighted by atomic mass is 10.3. The van der Waals surface area contributed by atoms with Gasteiger partial charge in [-0.15, -0.1) is 0 Å². The summed E-state index contributed by atoms with van der Waals surface area (Å²) in [5.74, 6) is -0.510. The van der Waals surface area contributed by atoms with Crippen molar-refractivity contribution in [3.8, 4) is 5.75 Å². The monoisotopic (exact) mass is 302 g/mol. The van der Waals surface area contributed by atoms with Gasteiger partial charge in [0.05, 0.1) is 10.2 Å². The second-order valence-corrected chi connectivity index (χ2v) is 4.79. The van der Waals surface area contributed by atoms with Gasteiger partial charge in [0.2, 0.25) is 0 Å². The zero-order valence-electron chi connectivity index (χ0n) is 9.00. The molecule has 1 saturated carbocycles. The number of amides is 1. The molecule has 2 rings (SSSR count). The molecule has 0 aromatic heterocycles. The van der Waals surface area contributed by atoms with Crippen molar-refractivity contribution >= 4 is 27.5 Å². The van der Waals surface area contributed by atoms with Gasteiger partial charge in [0.25, 0.3) is 5.91 Å². The minimum Gasteiger partial charge on any atom is -0.482 e. The summed E-state index contributed by atoms with van der Waals surface area (Å²) in [6, 6.07) is 2.85. The van der Waals surface area contributed by atoms with Crippen LogP contribution in [0, 0.1) is 5.82 Å². The van der Waals surface area contributed by atoms with Gasteiger partial charge >= 0.3 is 0 Å². The summed E-state index contributed by atoms with van der Waals surface area (Å²) in [5, 5.41) is 2.76. The number of benzene rings is 1. The Morgan fingerprint density at radius 2 is 2.29 bits per heavy atom. The molecule has 1 aliphatic carbocycles. The molecule has 6 heteroatoms. The molecule has 0 aliphatic heterocycles. The van der Waals surface area contributed by atoms with Gasteiger partial charge in [-0.3, -0.25) is 4.79 Å². The maximum atomic E-state index is 13.2. The van der Waals surface area contributed by atoms with E-state index in [9.17, 15) is 9.18 Å². The fourth-order valence-electron chi connectivity index (χ4n) is 1.31. The molecule has 0 radical (unpaired) electrons. The third-order valence-electron chi connectivity index (χ3n) is 2.35. The second kappa shape index (κ2) is 4.91. The van der Waals surface area contributed by atoms with Gasteiger partial charge in [0.15, 0.2) is 6.61 Å². The number of hydrogen-bond acceptors (Lipinski definition) is 3. The number of carbonyl (C=O) groups is 1. The van der Waals surface area contributed by atoms with Crippen LogP contribution in [0.5, 0.6) is 5.75 Å². The van der Waals surface area contributed by atoms with Crippen molar-refractivity contribution in [2.75, 3.05) is 12.3 Å². The highest BCUT2D eigenvalue weighted by molar-refractivity contribution is 9.10. The van der Waals surface area contributed by atoms with Gasteiger partial charge in [-0.1, -0.05) is 0 Å². The van der Waals surface area contributed by atoms with Crippen LogP contribution in [0.1, 0.15) is 12.8 Å². The molecule has 1 aliphatic rings. The fraction of sp³-hybridized carbons (Fsp3) is 0.364. The molecule has 0 atom stereocenters. The zero-order valence-corrected chi connectivity index (χ0v) is 10.6. The van der Waals surface area contributed by atoms with Crippen LogP contribution in [0.25, 0.3) is 0 Å². The van der Waals surface area contributed by atoms with E-state index in [0.717, 1.165) is 18.9 Å². The molecule has 3 N–H and O–H groups in total. The van der Waals surface area contributed by atoms with Gasteiger partial charge in [-0.2, -0.15) is 0 Å². The van der Waals surface area contributed by atoms with Crippen LogP contribution in [0.3, 0.4) is 0 Å². The third-order valence-corrected chi connectivity index (χ3v) is 2.96. The predicted octanol–water partition coefficient (Wildman–Crippen LogP) is 1.83. The van der Waals surface area contributed by atoms with Gasteiger partial charge < -0.3 is 15.8 Å². The molecule has 1 fully saturated rings. The van der Waals surface area contributed by atoms with Crippen LogP contribution in [0.2, 0.25) is 0 Å². The van der Waals surface area contributed by atoms with Crippen molar-refractivity contribution in [2.24, 2.45) is 0 Å². The highest BCUT2D eigenvalue weighted by Crippen LogP contribution is 2.28. The minimum absolute atomic E-state index is 0.151. The van der Waals surface area contributed by atoms with Crippen molar-refractivity contribution in [3.63, 3.8) is 0 Å². The van der Waals surface area contributed by atoms with E-state index in [1.54, 1.807) is 0 Å². The van der Waals surface area contributed by atoms with Crippen LogP contribution >= 0.6 is 15.9 Å². The summed E-state index contributed by atoms with van der Waals surface area (Å²) in [6.07, 6.45) is 2.03. The van der Waals surface area contributed by atoms with Crippen molar-refractivity contribution in [2.45, 2.75) is 18.9 Å². The Morgan fingerprint density at radius 3 is 2.94 bits per heavy atom. The molecule has 4 nitrogen and oxygen atoms in total. The number of nitrogen functional groups attached to an aromatic ring is 1. The Bertz CT molecular complexity index is 449. The highest BCUT2D eigenvalue weighted by atomic mass is 79.9. The second-order valence-electron chi connectivity index (χ2n) is 3.93. The highest BCUT2D eigenvalue weighted by Gasteiger charge is 2.23. The molecule has 0 spiro atoms. The van der Waals surface area contributed by atoms with E-state index in [1.165, 1.54) is 6.07 Å². The van der Waals surface area contributed by atoms with Crippen LogP contribution in [-0.4, -0.2) is 18.6 Å². The van der Waals surface area contributed by atoms with E-state index in [0.29, 0.717) is 0 Å². The van der Waals surface area contributed by atoms with Gasteiger partial charge in [0, 0.05) is 12.1 Å². The Balaban J connectivity index is 1.93. The number of nitrogens with two attached hydrogens (primary N) is 1. The average Bonchev–Trinajstić information content (AvgIpc) is 3.05. The zero-order chi connectivity index (χ0) is 12.4. The third kappa shape index (κ3) is 3.33. The van der Waals surface area contributed by atoms with Crippen molar-refractivity contribution in [1.82, 2.24) is 5.32 Å². The van der Waals surface area contributed by atoms with Crippen molar-refractivity contribution in [3.05, 3.63) is 22.4 Å². The number of hydrogen-bond donors (Lipinski definition) is 2. The average molecular weight is 303 g/mol. The summed E-state index contributed by atoms with van der Waals surface area (Å²) in [4.78, 5) is 11.4. The molecule has 17 heavy (non-hydrogen) atoms. The van der Waals surface area contributed by atoms with E-state index >= 15 is 0 Å². The largest absolute Gasteiger partial charge is 0.482 e. The van der Waals surface area contributed by atoms with E-state index < -0.39 is 5.82 Å². The summed E-state index contributed by atoms with van der Waals surface area (Å²) >= 11 is 3.01. The molecule has 1 amide bonds. The first-order valence-corrected chi connectivity index (χ1v) is 6.02. The Kier molecular flexibility index (Phi) is 3.51. The first-order chi connectivity index (χ1) is 8.06. The normalized spacial score (nSPS) is 14.5. The first kappa shape index (κ1) is 12.2. The molecule has 92 valence electrons. The molecule has 0 bridgehead atoms. The molecule has 0 unspecified atom stereocenters. The quantitative estimate of drug-likeness (QED) is 0.834. The molecule has 0 saturated heterocycles. The smallest absolute Gasteiger partial charge is 0.258 e. The molecular weight excluding hydrogens is 291 g/mol. The fourth-order valence-corrected chi connectivity index (χ4v) is 1.67. The molecule has 1 aromatic carbocycles. The van der Waals surface area contributed by atoms with E-state index in [-0.39, 0.29) is 34.5 Å². The van der Waals surface area contributed by atoms with Crippen LogP contribution in [0.15, 0.2) is 16.6 Å². The molecule has 1 aromatic rings. The van der Waals surface area contributed by atoms with Crippen molar-refractivity contribution in [1.29, 1.82) is 0 Å². The number of rotatable bonds is 4. The Labute approximate surface area is 106 Å².